The van der Waals surface area contributed by atoms with E-state index < -0.39 is 0 Å². The predicted octanol–water partition coefficient (Wildman–Crippen LogP) is 1.32. The van der Waals surface area contributed by atoms with E-state index in [1.54, 1.807) is 0 Å². The minimum absolute atomic E-state index is 0.122. The summed E-state index contributed by atoms with van der Waals surface area (Å²) in [6.07, 6.45) is 3.70. The van der Waals surface area contributed by atoms with Gasteiger partial charge in [-0.05, 0) is 25.7 Å². The molecule has 0 aromatic heterocycles. The van der Waals surface area contributed by atoms with Gasteiger partial charge in [0, 0.05) is 6.54 Å². The zero-order valence-electron chi connectivity index (χ0n) is 9.40. The molecular formula is C11H18N2O2. The number of likely N-dealkylation sites (tertiary alicyclic amines) is 1. The smallest absolute Gasteiger partial charge is 0.323 e. The number of nitriles is 1. The van der Waals surface area contributed by atoms with Gasteiger partial charge in [-0.2, -0.15) is 5.26 Å². The normalized spacial score (nSPS) is 24.2. The number of nitrogens with zero attached hydrogens (tertiary/aromatic N) is 2. The first-order valence-corrected chi connectivity index (χ1v) is 5.47. The van der Waals surface area contributed by atoms with Crippen LogP contribution in [0.3, 0.4) is 0 Å². The lowest BCUT2D eigenvalue weighted by molar-refractivity contribution is -0.148. The van der Waals surface area contributed by atoms with Gasteiger partial charge in [-0.25, -0.2) is 0 Å². The van der Waals surface area contributed by atoms with Crippen LogP contribution in [-0.2, 0) is 9.53 Å². The van der Waals surface area contributed by atoms with Gasteiger partial charge >= 0.3 is 5.97 Å². The standard InChI is InChI=1S/C11H18N2O2/c1-3-10(11(14)15-2)13-7-5-4-6-9(13)8-12/h9-10H,3-7H2,1-2H3. The van der Waals surface area contributed by atoms with Gasteiger partial charge in [0.05, 0.1) is 19.2 Å². The average molecular weight is 210 g/mol. The molecule has 1 rings (SSSR count). The van der Waals surface area contributed by atoms with Crippen molar-refractivity contribution in [1.82, 2.24) is 4.90 Å². The van der Waals surface area contributed by atoms with Crippen molar-refractivity contribution >= 4 is 5.97 Å². The van der Waals surface area contributed by atoms with Crippen molar-refractivity contribution in [3.63, 3.8) is 0 Å². The van der Waals surface area contributed by atoms with Gasteiger partial charge in [0.15, 0.2) is 0 Å². The number of carbonyl (C=O) groups is 1. The fourth-order valence-corrected chi connectivity index (χ4v) is 2.14. The van der Waals surface area contributed by atoms with Gasteiger partial charge in [-0.3, -0.25) is 9.69 Å². The Morgan fingerprint density at radius 2 is 2.40 bits per heavy atom. The molecule has 1 aliphatic rings. The molecule has 0 aliphatic carbocycles. The molecule has 15 heavy (non-hydrogen) atoms. The third-order valence-electron chi connectivity index (χ3n) is 2.95. The fourth-order valence-electron chi connectivity index (χ4n) is 2.14. The molecule has 0 aromatic rings. The zero-order valence-corrected chi connectivity index (χ0v) is 9.40. The molecule has 2 unspecified atom stereocenters. The third-order valence-corrected chi connectivity index (χ3v) is 2.95. The Balaban J connectivity index is 2.72. The molecular weight excluding hydrogens is 192 g/mol. The molecule has 0 N–H and O–H groups in total. The minimum Gasteiger partial charge on any atom is -0.468 e. The Labute approximate surface area is 90.8 Å². The molecule has 2 atom stereocenters. The van der Waals surface area contributed by atoms with E-state index >= 15 is 0 Å². The second-order valence-electron chi connectivity index (χ2n) is 3.83. The number of carbonyl (C=O) groups excluding carboxylic acids is 1. The molecule has 4 nitrogen and oxygen atoms in total. The number of rotatable bonds is 3. The van der Waals surface area contributed by atoms with Crippen LogP contribution in [0, 0.1) is 11.3 Å². The van der Waals surface area contributed by atoms with E-state index in [-0.39, 0.29) is 18.1 Å². The van der Waals surface area contributed by atoms with Crippen LogP contribution in [0.2, 0.25) is 0 Å². The summed E-state index contributed by atoms with van der Waals surface area (Å²) in [6, 6.07) is 1.89. The quantitative estimate of drug-likeness (QED) is 0.659. The van der Waals surface area contributed by atoms with Crippen LogP contribution in [0.4, 0.5) is 0 Å². The van der Waals surface area contributed by atoms with E-state index in [1.165, 1.54) is 7.11 Å². The average Bonchev–Trinajstić information content (AvgIpc) is 2.30. The third kappa shape index (κ3) is 2.69. The van der Waals surface area contributed by atoms with E-state index in [0.29, 0.717) is 6.42 Å². The lowest BCUT2D eigenvalue weighted by Crippen LogP contribution is -2.49. The van der Waals surface area contributed by atoms with Crippen LogP contribution in [0.15, 0.2) is 0 Å². The zero-order chi connectivity index (χ0) is 11.3. The Kier molecular flexibility index (Phi) is 4.57. The Morgan fingerprint density at radius 3 is 2.93 bits per heavy atom. The maximum Gasteiger partial charge on any atom is 0.323 e. The number of hydrogen-bond donors (Lipinski definition) is 0. The first-order valence-electron chi connectivity index (χ1n) is 5.47. The van der Waals surface area contributed by atoms with Gasteiger partial charge in [-0.15, -0.1) is 0 Å². The Bertz CT molecular complexity index is 260. The van der Waals surface area contributed by atoms with E-state index in [0.717, 1.165) is 25.8 Å². The molecule has 0 bridgehead atoms. The fraction of sp³-hybridized carbons (Fsp3) is 0.818. The topological polar surface area (TPSA) is 53.3 Å². The van der Waals surface area contributed by atoms with Crippen molar-refractivity contribution in [2.24, 2.45) is 0 Å². The highest BCUT2D eigenvalue weighted by atomic mass is 16.5. The van der Waals surface area contributed by atoms with Crippen molar-refractivity contribution in [2.75, 3.05) is 13.7 Å². The van der Waals surface area contributed by atoms with Gasteiger partial charge in [-0.1, -0.05) is 6.92 Å². The van der Waals surface area contributed by atoms with Gasteiger partial charge in [0.25, 0.3) is 0 Å². The summed E-state index contributed by atoms with van der Waals surface area (Å²) in [5, 5.41) is 9.02. The number of esters is 1. The SMILES string of the molecule is CCC(C(=O)OC)N1CCCCC1C#N. The summed E-state index contributed by atoms with van der Waals surface area (Å²) in [6.45, 7) is 2.77. The maximum absolute atomic E-state index is 11.5. The van der Waals surface area contributed by atoms with Crippen molar-refractivity contribution in [2.45, 2.75) is 44.7 Å². The summed E-state index contributed by atoms with van der Waals surface area (Å²) in [5.74, 6) is -0.223. The second kappa shape index (κ2) is 5.72. The summed E-state index contributed by atoms with van der Waals surface area (Å²) < 4.78 is 4.76. The van der Waals surface area contributed by atoms with Crippen LogP contribution in [0.5, 0.6) is 0 Å². The molecule has 1 aliphatic heterocycles. The van der Waals surface area contributed by atoms with Crippen molar-refractivity contribution < 1.29 is 9.53 Å². The molecule has 0 aromatic carbocycles. The molecule has 84 valence electrons. The van der Waals surface area contributed by atoms with E-state index in [1.807, 2.05) is 11.8 Å². The van der Waals surface area contributed by atoms with Crippen LogP contribution in [-0.4, -0.2) is 36.6 Å². The van der Waals surface area contributed by atoms with Crippen molar-refractivity contribution in [3.8, 4) is 6.07 Å². The van der Waals surface area contributed by atoms with Gasteiger partial charge in [0.1, 0.15) is 6.04 Å². The van der Waals surface area contributed by atoms with Crippen molar-refractivity contribution in [3.05, 3.63) is 0 Å². The highest BCUT2D eigenvalue weighted by molar-refractivity contribution is 5.75. The summed E-state index contributed by atoms with van der Waals surface area (Å²) >= 11 is 0. The molecule has 1 heterocycles. The van der Waals surface area contributed by atoms with E-state index in [4.69, 9.17) is 10.00 Å². The Morgan fingerprint density at radius 1 is 1.67 bits per heavy atom. The summed E-state index contributed by atoms with van der Waals surface area (Å²) in [4.78, 5) is 13.5. The largest absolute Gasteiger partial charge is 0.468 e. The Hall–Kier alpha value is -1.08. The van der Waals surface area contributed by atoms with Crippen LogP contribution >= 0.6 is 0 Å². The second-order valence-corrected chi connectivity index (χ2v) is 3.83. The molecule has 0 saturated carbocycles. The molecule has 0 spiro atoms. The highest BCUT2D eigenvalue weighted by Crippen LogP contribution is 2.21. The van der Waals surface area contributed by atoms with E-state index in [9.17, 15) is 4.79 Å². The van der Waals surface area contributed by atoms with Crippen LogP contribution < -0.4 is 0 Å². The predicted molar refractivity (Wildman–Crippen MR) is 56.1 cm³/mol. The van der Waals surface area contributed by atoms with E-state index in [2.05, 4.69) is 6.07 Å². The first-order chi connectivity index (χ1) is 7.24. The van der Waals surface area contributed by atoms with Gasteiger partial charge < -0.3 is 4.74 Å². The van der Waals surface area contributed by atoms with Crippen molar-refractivity contribution in [1.29, 1.82) is 5.26 Å². The van der Waals surface area contributed by atoms with Gasteiger partial charge in [0.2, 0.25) is 0 Å². The molecule has 0 amide bonds. The summed E-state index contributed by atoms with van der Waals surface area (Å²) in [5.41, 5.74) is 0. The first kappa shape index (κ1) is 12.0. The number of hydrogen-bond acceptors (Lipinski definition) is 4. The number of methoxy groups -OCH3 is 1. The number of piperidine rings is 1. The van der Waals surface area contributed by atoms with Crippen LogP contribution in [0.25, 0.3) is 0 Å². The molecule has 4 heteroatoms. The lowest BCUT2D eigenvalue weighted by atomic mass is 10.00. The lowest BCUT2D eigenvalue weighted by Gasteiger charge is -2.35. The highest BCUT2D eigenvalue weighted by Gasteiger charge is 2.32. The number of ether oxygens (including phenoxy) is 1. The molecule has 0 radical (unpaired) electrons. The molecule has 1 saturated heterocycles. The monoisotopic (exact) mass is 210 g/mol. The molecule has 1 fully saturated rings. The summed E-state index contributed by atoms with van der Waals surface area (Å²) in [7, 11) is 1.40. The van der Waals surface area contributed by atoms with Crippen LogP contribution in [0.1, 0.15) is 32.6 Å². The minimum atomic E-state index is -0.250. The maximum atomic E-state index is 11.5.